The van der Waals surface area contributed by atoms with Crippen molar-refractivity contribution in [3.05, 3.63) is 0 Å². The topological polar surface area (TPSA) is 43.4 Å². The highest BCUT2D eigenvalue weighted by molar-refractivity contribution is 6.38. The van der Waals surface area contributed by atoms with Gasteiger partial charge in [-0.1, -0.05) is 13.8 Å². The van der Waals surface area contributed by atoms with Gasteiger partial charge in [0, 0.05) is 6.42 Å². The molecule has 0 amide bonds. The first-order chi connectivity index (χ1) is 4.57. The molecule has 58 valence electrons. The molecule has 0 aromatic rings. The number of hydrogen-bond acceptors (Lipinski definition) is 3. The van der Waals surface area contributed by atoms with E-state index in [9.17, 15) is 9.59 Å². The number of carbonyl (C=O) groups is 2. The van der Waals surface area contributed by atoms with Gasteiger partial charge in [0.25, 0.3) is 0 Å². The van der Waals surface area contributed by atoms with E-state index in [0.29, 0.717) is 0 Å². The second kappa shape index (κ2) is 4.28. The van der Waals surface area contributed by atoms with Crippen LogP contribution in [-0.4, -0.2) is 11.8 Å². The zero-order valence-electron chi connectivity index (χ0n) is 5.89. The van der Waals surface area contributed by atoms with E-state index in [2.05, 4.69) is 16.2 Å². The highest BCUT2D eigenvalue weighted by Crippen LogP contribution is 2.01. The maximum Gasteiger partial charge on any atom is 0.392 e. The van der Waals surface area contributed by atoms with Gasteiger partial charge in [-0.15, -0.1) is 0 Å². The van der Waals surface area contributed by atoms with Crippen LogP contribution in [0.2, 0.25) is 0 Å². The number of halogens is 1. The number of hydrogen-bond donors (Lipinski definition) is 0. The fraction of sp³-hybridized carbons (Fsp3) is 0.667. The van der Waals surface area contributed by atoms with Crippen LogP contribution in [-0.2, 0) is 13.9 Å². The first kappa shape index (κ1) is 9.43. The zero-order chi connectivity index (χ0) is 8.15. The highest BCUT2D eigenvalue weighted by atomic mass is 35.5. The lowest BCUT2D eigenvalue weighted by atomic mass is 10.1. The fourth-order valence-electron chi connectivity index (χ4n) is 0.497. The van der Waals surface area contributed by atoms with Crippen molar-refractivity contribution >= 4 is 23.6 Å². The van der Waals surface area contributed by atoms with Crippen molar-refractivity contribution in [2.24, 2.45) is 5.92 Å². The molecule has 0 fully saturated rings. The Bertz CT molecular complexity index is 142. The summed E-state index contributed by atoms with van der Waals surface area (Å²) in [7, 11) is 0. The Morgan fingerprint density at radius 1 is 1.50 bits per heavy atom. The maximum atomic E-state index is 10.6. The van der Waals surface area contributed by atoms with Crippen molar-refractivity contribution in [2.45, 2.75) is 20.3 Å². The van der Waals surface area contributed by atoms with Crippen LogP contribution in [0, 0.1) is 5.92 Å². The Labute approximate surface area is 64.5 Å². The molecule has 0 unspecified atom stereocenters. The summed E-state index contributed by atoms with van der Waals surface area (Å²) in [5, 5.41) is 0. The Kier molecular flexibility index (Phi) is 4.03. The molecule has 0 aromatic heterocycles. The van der Waals surface area contributed by atoms with Crippen LogP contribution in [0.4, 0.5) is 0 Å². The quantitative estimate of drug-likeness (QED) is 0.591. The second-order valence-electron chi connectivity index (χ2n) is 2.39. The lowest BCUT2D eigenvalue weighted by molar-refractivity contribution is -0.147. The number of Topliss-reactive ketones (excluding diaryl/α,β-unsaturated/α-hetero) is 1. The first-order valence-electron chi connectivity index (χ1n) is 2.93. The predicted octanol–water partition coefficient (Wildman–Crippen LogP) is 1.30. The third-order valence-corrected chi connectivity index (χ3v) is 1.03. The van der Waals surface area contributed by atoms with Crippen LogP contribution in [0.1, 0.15) is 20.3 Å². The van der Waals surface area contributed by atoms with Crippen molar-refractivity contribution in [1.29, 1.82) is 0 Å². The Morgan fingerprint density at radius 3 is 2.30 bits per heavy atom. The normalized spacial score (nSPS) is 9.60. The van der Waals surface area contributed by atoms with Crippen LogP contribution in [0.15, 0.2) is 0 Å². The van der Waals surface area contributed by atoms with Gasteiger partial charge in [-0.3, -0.25) is 4.79 Å². The molecule has 0 aliphatic heterocycles. The largest absolute Gasteiger partial charge is 0.392 e. The Hall–Kier alpha value is -0.570. The molecule has 0 heterocycles. The molecule has 3 nitrogen and oxygen atoms in total. The van der Waals surface area contributed by atoms with E-state index in [1.54, 1.807) is 0 Å². The Morgan fingerprint density at radius 2 is 2.00 bits per heavy atom. The van der Waals surface area contributed by atoms with Crippen LogP contribution in [0.5, 0.6) is 0 Å². The van der Waals surface area contributed by atoms with Gasteiger partial charge in [0.2, 0.25) is 5.78 Å². The lowest BCUT2D eigenvalue weighted by Gasteiger charge is -1.98. The minimum atomic E-state index is -0.977. The van der Waals surface area contributed by atoms with Crippen molar-refractivity contribution in [1.82, 2.24) is 0 Å². The molecular formula is C6H9ClO3. The molecule has 10 heavy (non-hydrogen) atoms. The van der Waals surface area contributed by atoms with Crippen molar-refractivity contribution in [2.75, 3.05) is 0 Å². The average molecular weight is 165 g/mol. The van der Waals surface area contributed by atoms with Crippen molar-refractivity contribution in [3.8, 4) is 0 Å². The smallest absolute Gasteiger partial charge is 0.341 e. The summed E-state index contributed by atoms with van der Waals surface area (Å²) in [5.41, 5.74) is 0. The van der Waals surface area contributed by atoms with E-state index >= 15 is 0 Å². The van der Waals surface area contributed by atoms with Gasteiger partial charge in [0.15, 0.2) is 0 Å². The highest BCUT2D eigenvalue weighted by Gasteiger charge is 2.15. The number of carbonyl (C=O) groups excluding carboxylic acids is 2. The standard InChI is InChI=1S/C6H9ClO3/c1-4(2)3-5(8)6(9)10-7/h4H,3H2,1-2H3. The minimum absolute atomic E-state index is 0.156. The van der Waals surface area contributed by atoms with E-state index in [0.717, 1.165) is 0 Å². The fourth-order valence-corrected chi connectivity index (χ4v) is 0.583. The molecule has 4 heteroatoms. The van der Waals surface area contributed by atoms with Gasteiger partial charge in [-0.05, 0) is 5.92 Å². The number of ketones is 1. The third kappa shape index (κ3) is 3.45. The SMILES string of the molecule is CC(C)CC(=O)C(=O)OCl. The molecule has 0 aliphatic carbocycles. The minimum Gasteiger partial charge on any atom is -0.341 e. The zero-order valence-corrected chi connectivity index (χ0v) is 6.64. The molecule has 0 aliphatic rings. The molecular weight excluding hydrogens is 156 g/mol. The average Bonchev–Trinajstić information content (AvgIpc) is 1.85. The van der Waals surface area contributed by atoms with Gasteiger partial charge < -0.3 is 4.29 Å². The summed E-state index contributed by atoms with van der Waals surface area (Å²) >= 11 is 4.66. The van der Waals surface area contributed by atoms with E-state index in [-0.39, 0.29) is 12.3 Å². The van der Waals surface area contributed by atoms with Crippen molar-refractivity contribution < 1.29 is 13.9 Å². The van der Waals surface area contributed by atoms with Gasteiger partial charge in [0.05, 0.1) is 0 Å². The summed E-state index contributed by atoms with van der Waals surface area (Å²) < 4.78 is 3.70. The third-order valence-electron chi connectivity index (χ3n) is 0.891. The number of rotatable bonds is 3. The van der Waals surface area contributed by atoms with Gasteiger partial charge in [-0.2, -0.15) is 0 Å². The molecule has 0 bridgehead atoms. The van der Waals surface area contributed by atoms with Gasteiger partial charge in [0.1, 0.15) is 11.9 Å². The molecule has 0 aromatic carbocycles. The summed E-state index contributed by atoms with van der Waals surface area (Å²) in [6.45, 7) is 3.67. The van der Waals surface area contributed by atoms with Gasteiger partial charge >= 0.3 is 5.97 Å². The molecule has 0 radical (unpaired) electrons. The van der Waals surface area contributed by atoms with Crippen LogP contribution in [0.3, 0.4) is 0 Å². The maximum absolute atomic E-state index is 10.6. The van der Waals surface area contributed by atoms with Crippen LogP contribution < -0.4 is 0 Å². The molecule has 0 atom stereocenters. The monoisotopic (exact) mass is 164 g/mol. The molecule has 0 rings (SSSR count). The Balaban J connectivity index is 3.74. The van der Waals surface area contributed by atoms with Crippen LogP contribution in [0.25, 0.3) is 0 Å². The van der Waals surface area contributed by atoms with E-state index in [1.807, 2.05) is 13.8 Å². The molecule has 0 saturated carbocycles. The van der Waals surface area contributed by atoms with E-state index in [1.165, 1.54) is 0 Å². The summed E-state index contributed by atoms with van der Waals surface area (Å²) in [5.74, 6) is -1.40. The van der Waals surface area contributed by atoms with E-state index < -0.39 is 11.8 Å². The predicted molar refractivity (Wildman–Crippen MR) is 36.4 cm³/mol. The second-order valence-corrected chi connectivity index (χ2v) is 2.54. The van der Waals surface area contributed by atoms with Gasteiger partial charge in [-0.25, -0.2) is 4.79 Å². The first-order valence-corrected chi connectivity index (χ1v) is 3.24. The molecule has 0 N–H and O–H groups in total. The molecule has 0 spiro atoms. The lowest BCUT2D eigenvalue weighted by Crippen LogP contribution is -2.15. The summed E-state index contributed by atoms with van der Waals surface area (Å²) in [6.07, 6.45) is 0.186. The summed E-state index contributed by atoms with van der Waals surface area (Å²) in [6, 6.07) is 0. The van der Waals surface area contributed by atoms with Crippen LogP contribution >= 0.6 is 11.9 Å². The van der Waals surface area contributed by atoms with E-state index in [4.69, 9.17) is 0 Å². The van der Waals surface area contributed by atoms with Crippen molar-refractivity contribution in [3.63, 3.8) is 0 Å². The summed E-state index contributed by atoms with van der Waals surface area (Å²) in [4.78, 5) is 21.0. The molecule has 0 saturated heterocycles.